The predicted octanol–water partition coefficient (Wildman–Crippen LogP) is 4.05. The molecule has 140 valence electrons. The van der Waals surface area contributed by atoms with Crippen LogP contribution in [0.4, 0.5) is 0 Å². The number of hydrogen-bond donors (Lipinski definition) is 1. The van der Waals surface area contributed by atoms with Gasteiger partial charge in [0.1, 0.15) is 6.04 Å². The Labute approximate surface area is 161 Å². The zero-order valence-electron chi connectivity index (χ0n) is 16.5. The minimum absolute atomic E-state index is 0.147. The zero-order valence-corrected chi connectivity index (χ0v) is 16.5. The number of aryl methyl sites for hydroxylation is 4. The Morgan fingerprint density at radius 3 is 2.52 bits per heavy atom. The number of rotatable bonds is 3. The molecule has 0 aromatic heterocycles. The van der Waals surface area contributed by atoms with Crippen LogP contribution in [0.5, 0.6) is 0 Å². The second-order valence-corrected chi connectivity index (χ2v) is 7.88. The lowest BCUT2D eigenvalue weighted by Gasteiger charge is -2.32. The molecule has 0 aliphatic carbocycles. The Morgan fingerprint density at radius 2 is 1.74 bits per heavy atom. The first-order valence-corrected chi connectivity index (χ1v) is 9.59. The van der Waals surface area contributed by atoms with Crippen LogP contribution in [-0.2, 0) is 11.3 Å². The first kappa shape index (κ1) is 17.8. The summed E-state index contributed by atoms with van der Waals surface area (Å²) in [6.45, 7) is 9.08. The van der Waals surface area contributed by atoms with Crippen LogP contribution in [0.3, 0.4) is 0 Å². The van der Waals surface area contributed by atoms with Crippen molar-refractivity contribution in [2.45, 2.75) is 52.7 Å². The average molecular weight is 361 g/mol. The molecule has 2 aromatic rings. The molecule has 0 bridgehead atoms. The van der Waals surface area contributed by atoms with Gasteiger partial charge in [-0.05, 0) is 61.9 Å². The monoisotopic (exact) mass is 361 g/mol. The van der Waals surface area contributed by atoms with Gasteiger partial charge in [-0.25, -0.2) is 5.43 Å². The number of hydrogen-bond acceptors (Lipinski definition) is 3. The average Bonchev–Trinajstić information content (AvgIpc) is 3.08. The highest BCUT2D eigenvalue weighted by Crippen LogP contribution is 2.32. The predicted molar refractivity (Wildman–Crippen MR) is 108 cm³/mol. The molecule has 0 spiro atoms. The molecule has 1 fully saturated rings. The standard InChI is InChI=1S/C23H27N3O/c1-15-5-6-17(3)20(11-15)14-25-9-10-26-22(23(25)27)13-21(24-26)19-8-7-16(2)18(4)12-19/h5-12,21-22,24H,13-14H2,1-4H3. The van der Waals surface area contributed by atoms with E-state index in [9.17, 15) is 4.79 Å². The van der Waals surface area contributed by atoms with Crippen molar-refractivity contribution < 1.29 is 4.79 Å². The number of amides is 1. The van der Waals surface area contributed by atoms with E-state index >= 15 is 0 Å². The molecule has 2 heterocycles. The maximum atomic E-state index is 13.1. The van der Waals surface area contributed by atoms with Gasteiger partial charge in [-0.2, -0.15) is 0 Å². The Morgan fingerprint density at radius 1 is 0.963 bits per heavy atom. The summed E-state index contributed by atoms with van der Waals surface area (Å²) in [6, 6.07) is 13.0. The molecule has 0 saturated carbocycles. The molecule has 4 nitrogen and oxygen atoms in total. The highest BCUT2D eigenvalue weighted by molar-refractivity contribution is 5.84. The highest BCUT2D eigenvalue weighted by Gasteiger charge is 2.40. The minimum Gasteiger partial charge on any atom is -0.311 e. The van der Waals surface area contributed by atoms with Crippen molar-refractivity contribution in [1.82, 2.24) is 15.3 Å². The molecule has 1 saturated heterocycles. The number of nitrogens with one attached hydrogen (secondary N) is 1. The summed E-state index contributed by atoms with van der Waals surface area (Å²) >= 11 is 0. The van der Waals surface area contributed by atoms with Gasteiger partial charge in [-0.3, -0.25) is 4.79 Å². The molecule has 0 radical (unpaired) electrons. The number of nitrogens with zero attached hydrogens (tertiary/aromatic N) is 2. The third kappa shape index (κ3) is 3.37. The molecular weight excluding hydrogens is 334 g/mol. The Hall–Kier alpha value is -2.59. The molecule has 4 rings (SSSR count). The van der Waals surface area contributed by atoms with Crippen LogP contribution in [0.15, 0.2) is 48.8 Å². The van der Waals surface area contributed by atoms with E-state index in [1.165, 1.54) is 33.4 Å². The summed E-state index contributed by atoms with van der Waals surface area (Å²) in [4.78, 5) is 15.0. The molecule has 1 N–H and O–H groups in total. The lowest BCUT2D eigenvalue weighted by molar-refractivity contribution is -0.134. The summed E-state index contributed by atoms with van der Waals surface area (Å²) in [5.74, 6) is 0.164. The molecule has 4 heteroatoms. The van der Waals surface area contributed by atoms with Crippen LogP contribution in [0.25, 0.3) is 0 Å². The lowest BCUT2D eigenvalue weighted by atomic mass is 9.97. The van der Waals surface area contributed by atoms with E-state index in [1.807, 2.05) is 22.3 Å². The second kappa shape index (κ2) is 6.86. The minimum atomic E-state index is -0.147. The zero-order chi connectivity index (χ0) is 19.1. The maximum absolute atomic E-state index is 13.1. The van der Waals surface area contributed by atoms with Crippen molar-refractivity contribution in [2.24, 2.45) is 0 Å². The van der Waals surface area contributed by atoms with Crippen molar-refractivity contribution in [3.05, 3.63) is 82.2 Å². The largest absolute Gasteiger partial charge is 0.311 e. The molecule has 1 amide bonds. The number of carbonyl (C=O) groups excluding carboxylic acids is 1. The van der Waals surface area contributed by atoms with E-state index in [4.69, 9.17) is 0 Å². The van der Waals surface area contributed by atoms with Gasteiger partial charge < -0.3 is 9.91 Å². The van der Waals surface area contributed by atoms with E-state index < -0.39 is 0 Å². The van der Waals surface area contributed by atoms with E-state index in [-0.39, 0.29) is 18.0 Å². The summed E-state index contributed by atoms with van der Waals surface area (Å²) in [5.41, 5.74) is 11.0. The van der Waals surface area contributed by atoms with Crippen molar-refractivity contribution in [1.29, 1.82) is 0 Å². The SMILES string of the molecule is Cc1ccc(C)c(CN2C=CN3NC(c4ccc(C)c(C)c4)CC3C2=O)c1. The van der Waals surface area contributed by atoms with Gasteiger partial charge in [0.2, 0.25) is 0 Å². The molecule has 2 aliphatic heterocycles. The summed E-state index contributed by atoms with van der Waals surface area (Å²) in [7, 11) is 0. The van der Waals surface area contributed by atoms with Crippen molar-refractivity contribution >= 4 is 5.91 Å². The first-order valence-electron chi connectivity index (χ1n) is 9.59. The molecule has 2 aromatic carbocycles. The smallest absolute Gasteiger partial charge is 0.251 e. The van der Waals surface area contributed by atoms with Crippen molar-refractivity contribution in [3.63, 3.8) is 0 Å². The van der Waals surface area contributed by atoms with Crippen LogP contribution in [-0.4, -0.2) is 21.9 Å². The fourth-order valence-electron chi connectivity index (χ4n) is 3.92. The maximum Gasteiger partial charge on any atom is 0.251 e. The first-order chi connectivity index (χ1) is 12.9. The number of fused-ring (bicyclic) bond motifs is 1. The van der Waals surface area contributed by atoms with Crippen LogP contribution < -0.4 is 5.43 Å². The quantitative estimate of drug-likeness (QED) is 0.896. The summed E-state index contributed by atoms with van der Waals surface area (Å²) in [5, 5.41) is 1.97. The van der Waals surface area contributed by atoms with Gasteiger partial charge in [0.15, 0.2) is 0 Å². The van der Waals surface area contributed by atoms with Gasteiger partial charge in [0.05, 0.1) is 12.6 Å². The van der Waals surface area contributed by atoms with E-state index in [1.54, 1.807) is 0 Å². The normalized spacial score (nSPS) is 21.7. The Bertz CT molecular complexity index is 918. The molecule has 2 atom stereocenters. The topological polar surface area (TPSA) is 35.6 Å². The van der Waals surface area contributed by atoms with E-state index in [0.717, 1.165) is 6.42 Å². The third-order valence-electron chi connectivity index (χ3n) is 5.85. The van der Waals surface area contributed by atoms with Gasteiger partial charge >= 0.3 is 0 Å². The fourth-order valence-corrected chi connectivity index (χ4v) is 3.92. The van der Waals surface area contributed by atoms with E-state index in [2.05, 4.69) is 69.5 Å². The van der Waals surface area contributed by atoms with Crippen molar-refractivity contribution in [3.8, 4) is 0 Å². The number of benzene rings is 2. The highest BCUT2D eigenvalue weighted by atomic mass is 16.2. The van der Waals surface area contributed by atoms with Gasteiger partial charge in [-0.15, -0.1) is 0 Å². The van der Waals surface area contributed by atoms with Gasteiger partial charge in [0.25, 0.3) is 5.91 Å². The Kier molecular flexibility index (Phi) is 4.52. The second-order valence-electron chi connectivity index (χ2n) is 7.88. The van der Waals surface area contributed by atoms with Crippen LogP contribution in [0.2, 0.25) is 0 Å². The molecule has 2 unspecified atom stereocenters. The Balaban J connectivity index is 1.51. The third-order valence-corrected chi connectivity index (χ3v) is 5.85. The van der Waals surface area contributed by atoms with Crippen molar-refractivity contribution in [2.75, 3.05) is 0 Å². The molecule has 27 heavy (non-hydrogen) atoms. The fraction of sp³-hybridized carbons (Fsp3) is 0.348. The van der Waals surface area contributed by atoms with Crippen LogP contribution >= 0.6 is 0 Å². The van der Waals surface area contributed by atoms with Gasteiger partial charge in [0, 0.05) is 12.4 Å². The van der Waals surface area contributed by atoms with E-state index in [0.29, 0.717) is 6.54 Å². The number of carbonyl (C=O) groups is 1. The summed E-state index contributed by atoms with van der Waals surface area (Å²) in [6.07, 6.45) is 4.68. The molecule has 2 aliphatic rings. The number of hydrazine groups is 1. The van der Waals surface area contributed by atoms with Crippen LogP contribution in [0, 0.1) is 27.7 Å². The van der Waals surface area contributed by atoms with Gasteiger partial charge in [-0.1, -0.05) is 42.0 Å². The van der Waals surface area contributed by atoms with Crippen LogP contribution in [0.1, 0.15) is 45.8 Å². The lowest BCUT2D eigenvalue weighted by Crippen LogP contribution is -2.47. The molecular formula is C23H27N3O. The summed E-state index contributed by atoms with van der Waals surface area (Å²) < 4.78 is 0.